The van der Waals surface area contributed by atoms with Crippen LogP contribution in [0.25, 0.3) is 60.9 Å². The lowest BCUT2D eigenvalue weighted by Gasteiger charge is -2.17. The second kappa shape index (κ2) is 13.1. The Balaban J connectivity index is 0.000000465. The number of aromatic hydroxyl groups is 2. The van der Waals surface area contributed by atoms with Crippen molar-refractivity contribution >= 4 is 21.8 Å². The molecule has 3 nitrogen and oxygen atoms in total. The van der Waals surface area contributed by atoms with E-state index in [1.165, 1.54) is 18.4 Å². The summed E-state index contributed by atoms with van der Waals surface area (Å²) in [6.07, 6.45) is 8.99. The van der Waals surface area contributed by atoms with Gasteiger partial charge in [0.25, 0.3) is 0 Å². The molecule has 0 saturated heterocycles. The molecule has 0 aliphatic heterocycles. The average molecular weight is 626 g/mol. The summed E-state index contributed by atoms with van der Waals surface area (Å²) in [4.78, 5) is 0. The van der Waals surface area contributed by atoms with E-state index in [2.05, 4.69) is 103 Å². The van der Waals surface area contributed by atoms with Gasteiger partial charge in [-0.05, 0) is 96.8 Å². The van der Waals surface area contributed by atoms with E-state index < -0.39 is 0 Å². The van der Waals surface area contributed by atoms with Gasteiger partial charge in [-0.15, -0.1) is 0 Å². The molecule has 0 bridgehead atoms. The maximum atomic E-state index is 11.6. The van der Waals surface area contributed by atoms with Gasteiger partial charge in [0.15, 0.2) is 11.5 Å². The van der Waals surface area contributed by atoms with Crippen LogP contribution in [0.2, 0.25) is 0 Å². The molecule has 0 saturated carbocycles. The van der Waals surface area contributed by atoms with Gasteiger partial charge in [0.05, 0.1) is 5.52 Å². The third-order valence-electron chi connectivity index (χ3n) is 9.33. The molecule has 1 aliphatic rings. The number of hydrogen-bond donors (Lipinski definition) is 2. The summed E-state index contributed by atoms with van der Waals surface area (Å²) in [6, 6.07) is 43.7. The van der Waals surface area contributed by atoms with Crippen LogP contribution in [-0.4, -0.2) is 14.8 Å². The van der Waals surface area contributed by atoms with Crippen LogP contribution >= 0.6 is 0 Å². The number of aromatic nitrogens is 1. The highest BCUT2D eigenvalue weighted by molar-refractivity contribution is 6.19. The van der Waals surface area contributed by atoms with Gasteiger partial charge in [0, 0.05) is 22.0 Å². The van der Waals surface area contributed by atoms with E-state index in [-0.39, 0.29) is 11.5 Å². The Bertz CT molecular complexity index is 2270. The number of para-hydroxylation sites is 1. The van der Waals surface area contributed by atoms with Crippen molar-refractivity contribution in [3.63, 3.8) is 0 Å². The Morgan fingerprint density at radius 3 is 1.79 bits per heavy atom. The van der Waals surface area contributed by atoms with E-state index in [4.69, 9.17) is 0 Å². The van der Waals surface area contributed by atoms with Gasteiger partial charge >= 0.3 is 0 Å². The molecule has 2 N–H and O–H groups in total. The minimum atomic E-state index is -0.114. The molecular weight excluding hydrogens is 587 g/mol. The summed E-state index contributed by atoms with van der Waals surface area (Å²) < 4.78 is 2.10. The number of phenolic OH excluding ortho intramolecular Hbond substituents is 2. The molecule has 1 heterocycles. The van der Waals surface area contributed by atoms with E-state index in [9.17, 15) is 10.2 Å². The maximum absolute atomic E-state index is 11.6. The smallest absolute Gasteiger partial charge is 0.183 e. The molecule has 3 heteroatoms. The number of allylic oxidation sites excluding steroid dienone is 4. The van der Waals surface area contributed by atoms with E-state index in [1.54, 1.807) is 0 Å². The molecule has 0 spiro atoms. The fourth-order valence-corrected chi connectivity index (χ4v) is 6.83. The minimum Gasteiger partial charge on any atom is -0.504 e. The molecule has 0 unspecified atom stereocenters. The van der Waals surface area contributed by atoms with Crippen molar-refractivity contribution in [2.24, 2.45) is 0 Å². The van der Waals surface area contributed by atoms with Crippen molar-refractivity contribution in [1.29, 1.82) is 0 Å². The fraction of sp³-hybridized carbons (Fsp3) is 0.111. The molecule has 236 valence electrons. The number of benzene rings is 6. The predicted molar refractivity (Wildman–Crippen MR) is 202 cm³/mol. The Morgan fingerprint density at radius 2 is 1.21 bits per heavy atom. The van der Waals surface area contributed by atoms with Gasteiger partial charge < -0.3 is 14.8 Å². The molecule has 8 rings (SSSR count). The minimum absolute atomic E-state index is 0.0951. The first kappa shape index (κ1) is 30.8. The summed E-state index contributed by atoms with van der Waals surface area (Å²) >= 11 is 0. The number of fused-ring (bicyclic) bond motifs is 3. The van der Waals surface area contributed by atoms with Crippen molar-refractivity contribution in [3.8, 4) is 50.6 Å². The monoisotopic (exact) mass is 625 g/mol. The highest BCUT2D eigenvalue weighted by Crippen LogP contribution is 2.50. The van der Waals surface area contributed by atoms with Crippen LogP contribution in [0, 0.1) is 13.8 Å². The first-order valence-electron chi connectivity index (χ1n) is 16.5. The van der Waals surface area contributed by atoms with E-state index in [0.29, 0.717) is 11.1 Å². The van der Waals surface area contributed by atoms with Crippen molar-refractivity contribution in [2.75, 3.05) is 0 Å². The van der Waals surface area contributed by atoms with Gasteiger partial charge in [0.2, 0.25) is 0 Å². The molecule has 0 radical (unpaired) electrons. The van der Waals surface area contributed by atoms with Crippen LogP contribution in [0.3, 0.4) is 0 Å². The average Bonchev–Trinajstić information content (AvgIpc) is 3.48. The van der Waals surface area contributed by atoms with Gasteiger partial charge in [-0.1, -0.05) is 127 Å². The van der Waals surface area contributed by atoms with Gasteiger partial charge in [-0.2, -0.15) is 0 Å². The highest BCUT2D eigenvalue weighted by atomic mass is 16.3. The molecular formula is C45H39NO2. The van der Waals surface area contributed by atoms with E-state index in [0.717, 1.165) is 60.9 Å². The summed E-state index contributed by atoms with van der Waals surface area (Å²) in [5, 5.41) is 24.9. The zero-order valence-electron chi connectivity index (χ0n) is 27.6. The topological polar surface area (TPSA) is 45.4 Å². The Kier molecular flexibility index (Phi) is 8.44. The predicted octanol–water partition coefficient (Wildman–Crippen LogP) is 12.1. The number of hydrogen-bond acceptors (Lipinski definition) is 2. The molecule has 6 aromatic carbocycles. The van der Waals surface area contributed by atoms with Gasteiger partial charge in [-0.25, -0.2) is 0 Å². The highest BCUT2D eigenvalue weighted by Gasteiger charge is 2.25. The maximum Gasteiger partial charge on any atom is 0.183 e. The van der Waals surface area contributed by atoms with Crippen LogP contribution in [0.5, 0.6) is 11.5 Å². The second-order valence-corrected chi connectivity index (χ2v) is 12.6. The van der Waals surface area contributed by atoms with Crippen LogP contribution < -0.4 is 0 Å². The second-order valence-electron chi connectivity index (χ2n) is 12.6. The summed E-state index contributed by atoms with van der Waals surface area (Å²) in [5.41, 5.74) is 12.1. The summed E-state index contributed by atoms with van der Waals surface area (Å²) in [5.74, 6) is -0.209. The number of nitrogens with zero attached hydrogens (tertiary/aromatic N) is 1. The molecule has 48 heavy (non-hydrogen) atoms. The number of rotatable bonds is 4. The van der Waals surface area contributed by atoms with Gasteiger partial charge in [0.1, 0.15) is 5.52 Å². The van der Waals surface area contributed by atoms with Crippen molar-refractivity contribution in [3.05, 3.63) is 162 Å². The SMILES string of the molecule is CC1=CC=CCC1.Cc1ccccc1-c1c(C)c(O)c(O)c2c1c1ccccc1n2-c1cc(-c2ccccc2)cc(-c2ccccc2)c1. The third-order valence-corrected chi connectivity index (χ3v) is 9.33. The molecule has 1 aromatic heterocycles. The normalized spacial score (nSPS) is 12.5. The van der Waals surface area contributed by atoms with Crippen LogP contribution in [0.4, 0.5) is 0 Å². The molecule has 0 amide bonds. The zero-order valence-corrected chi connectivity index (χ0v) is 27.6. The lowest BCUT2D eigenvalue weighted by Crippen LogP contribution is -1.97. The quantitative estimate of drug-likeness (QED) is 0.191. The number of phenols is 2. The largest absolute Gasteiger partial charge is 0.504 e. The third kappa shape index (κ3) is 5.69. The molecule has 1 aliphatic carbocycles. The van der Waals surface area contributed by atoms with E-state index in [1.807, 2.05) is 67.6 Å². The summed E-state index contributed by atoms with van der Waals surface area (Å²) in [6.45, 7) is 6.13. The Morgan fingerprint density at radius 1 is 0.604 bits per heavy atom. The van der Waals surface area contributed by atoms with Gasteiger partial charge in [-0.3, -0.25) is 0 Å². The van der Waals surface area contributed by atoms with Crippen molar-refractivity contribution in [1.82, 2.24) is 4.57 Å². The molecule has 7 aromatic rings. The molecule has 0 atom stereocenters. The van der Waals surface area contributed by atoms with Crippen molar-refractivity contribution in [2.45, 2.75) is 33.6 Å². The standard InChI is InChI=1S/C38H29NO2.C7H10/c1-24-13-9-10-18-31(24)34-25(2)37(40)38(41)36-35(34)32-19-11-12-20-33(32)39(36)30-22-28(26-14-5-3-6-15-26)21-29(23-30)27-16-7-4-8-17-27;1-7-5-3-2-4-6-7/h3-23,40-41H,1-2H3;2-3,5H,4,6H2,1H3. The zero-order chi connectivity index (χ0) is 33.2. The Labute approximate surface area is 282 Å². The Hall–Kier alpha value is -5.80. The first-order valence-corrected chi connectivity index (χ1v) is 16.5. The molecule has 0 fully saturated rings. The number of aryl methyl sites for hydroxylation is 1. The summed E-state index contributed by atoms with van der Waals surface area (Å²) in [7, 11) is 0. The lowest BCUT2D eigenvalue weighted by atomic mass is 9.91. The van der Waals surface area contributed by atoms with Crippen molar-refractivity contribution < 1.29 is 10.2 Å². The first-order chi connectivity index (χ1) is 23.4. The lowest BCUT2D eigenvalue weighted by molar-refractivity contribution is 0.404. The fourth-order valence-electron chi connectivity index (χ4n) is 6.83. The van der Waals surface area contributed by atoms with Crippen LogP contribution in [0.1, 0.15) is 30.9 Å². The van der Waals surface area contributed by atoms with E-state index >= 15 is 0 Å². The van der Waals surface area contributed by atoms with Crippen LogP contribution in [0.15, 0.2) is 151 Å². The van der Waals surface area contributed by atoms with Crippen LogP contribution in [-0.2, 0) is 0 Å².